The average Bonchev–Trinajstić information content (AvgIpc) is 2.54. The summed E-state index contributed by atoms with van der Waals surface area (Å²) in [6, 6.07) is 0.802. The Hall–Kier alpha value is 0.210. The van der Waals surface area contributed by atoms with Crippen molar-refractivity contribution >= 4 is 12.4 Å². The lowest BCUT2D eigenvalue weighted by Crippen LogP contribution is -2.35. The fraction of sp³-hybridized carbons (Fsp3) is 1.00. The second-order valence-corrected chi connectivity index (χ2v) is 4.23. The lowest BCUT2D eigenvalue weighted by Gasteiger charge is -2.30. The maximum absolute atomic E-state index is 9.39. The third-order valence-corrected chi connectivity index (χ3v) is 3.29. The number of β-amino-alcohol motifs (C(OH)–C–C–N with tert-alkyl or cyclic N) is 1. The van der Waals surface area contributed by atoms with Gasteiger partial charge in [-0.25, -0.2) is 0 Å². The minimum atomic E-state index is -0.0353. The van der Waals surface area contributed by atoms with Gasteiger partial charge < -0.3 is 5.11 Å². The number of rotatable bonds is 1. The molecule has 2 aliphatic rings. The molecule has 0 aromatic carbocycles. The molecule has 0 spiro atoms. The SMILES string of the molecule is Cl.OC1CCN(C2CCCCC2)C1. The Kier molecular flexibility index (Phi) is 4.50. The van der Waals surface area contributed by atoms with Gasteiger partial charge >= 0.3 is 0 Å². The number of halogens is 1. The number of nitrogens with zero attached hydrogens (tertiary/aromatic N) is 1. The van der Waals surface area contributed by atoms with Crippen LogP contribution < -0.4 is 0 Å². The third-order valence-electron chi connectivity index (χ3n) is 3.29. The second-order valence-electron chi connectivity index (χ2n) is 4.23. The van der Waals surface area contributed by atoms with Gasteiger partial charge in [-0.05, 0) is 19.3 Å². The average molecular weight is 206 g/mol. The summed E-state index contributed by atoms with van der Waals surface area (Å²) in [4.78, 5) is 2.49. The first kappa shape index (κ1) is 11.3. The molecule has 0 aromatic heterocycles. The van der Waals surface area contributed by atoms with E-state index in [4.69, 9.17) is 0 Å². The highest BCUT2D eigenvalue weighted by Gasteiger charge is 2.27. The Morgan fingerprint density at radius 3 is 2.23 bits per heavy atom. The molecule has 2 fully saturated rings. The Morgan fingerprint density at radius 1 is 1.00 bits per heavy atom. The molecular weight excluding hydrogens is 186 g/mol. The monoisotopic (exact) mass is 205 g/mol. The van der Waals surface area contributed by atoms with Crippen LogP contribution in [0.5, 0.6) is 0 Å². The van der Waals surface area contributed by atoms with Crippen LogP contribution in [0, 0.1) is 0 Å². The van der Waals surface area contributed by atoms with Crippen molar-refractivity contribution in [3.8, 4) is 0 Å². The maximum atomic E-state index is 9.39. The minimum absolute atomic E-state index is 0. The van der Waals surface area contributed by atoms with E-state index in [-0.39, 0.29) is 18.5 Å². The number of likely N-dealkylation sites (tertiary alicyclic amines) is 1. The Balaban J connectivity index is 0.000000845. The molecule has 1 N–H and O–H groups in total. The first-order valence-corrected chi connectivity index (χ1v) is 5.28. The smallest absolute Gasteiger partial charge is 0.0679 e. The zero-order valence-corrected chi connectivity index (χ0v) is 8.93. The first-order valence-electron chi connectivity index (χ1n) is 5.28. The van der Waals surface area contributed by atoms with Crippen molar-refractivity contribution in [3.05, 3.63) is 0 Å². The van der Waals surface area contributed by atoms with Gasteiger partial charge in [0.25, 0.3) is 0 Å². The van der Waals surface area contributed by atoms with E-state index in [1.165, 1.54) is 32.1 Å². The number of hydrogen-bond acceptors (Lipinski definition) is 2. The van der Waals surface area contributed by atoms with Crippen LogP contribution in [0.4, 0.5) is 0 Å². The summed E-state index contributed by atoms with van der Waals surface area (Å²) in [7, 11) is 0. The van der Waals surface area contributed by atoms with Crippen molar-refractivity contribution in [2.75, 3.05) is 13.1 Å². The van der Waals surface area contributed by atoms with Crippen LogP contribution >= 0.6 is 12.4 Å². The summed E-state index contributed by atoms with van der Waals surface area (Å²) >= 11 is 0. The molecule has 1 aliphatic heterocycles. The molecule has 0 radical (unpaired) electrons. The predicted octanol–water partition coefficient (Wildman–Crippen LogP) is 1.81. The molecule has 1 heterocycles. The molecule has 78 valence electrons. The second kappa shape index (κ2) is 5.18. The van der Waals surface area contributed by atoms with E-state index in [2.05, 4.69) is 4.90 Å². The lowest BCUT2D eigenvalue weighted by molar-refractivity contribution is 0.142. The number of hydrogen-bond donors (Lipinski definition) is 1. The summed E-state index contributed by atoms with van der Waals surface area (Å²) in [6.45, 7) is 2.07. The van der Waals surface area contributed by atoms with Crippen LogP contribution in [0.1, 0.15) is 38.5 Å². The summed E-state index contributed by atoms with van der Waals surface area (Å²) in [5.41, 5.74) is 0. The van der Waals surface area contributed by atoms with Crippen LogP contribution in [0.25, 0.3) is 0 Å². The normalized spacial score (nSPS) is 31.6. The fourth-order valence-electron chi connectivity index (χ4n) is 2.55. The third kappa shape index (κ3) is 2.83. The van der Waals surface area contributed by atoms with Crippen LogP contribution in [0.2, 0.25) is 0 Å². The fourth-order valence-corrected chi connectivity index (χ4v) is 2.55. The van der Waals surface area contributed by atoms with Crippen molar-refractivity contribution < 1.29 is 5.11 Å². The highest BCUT2D eigenvalue weighted by molar-refractivity contribution is 5.85. The van der Waals surface area contributed by atoms with Gasteiger partial charge in [-0.15, -0.1) is 12.4 Å². The van der Waals surface area contributed by atoms with E-state index in [0.717, 1.165) is 25.6 Å². The van der Waals surface area contributed by atoms with Gasteiger partial charge in [-0.3, -0.25) is 4.90 Å². The van der Waals surface area contributed by atoms with Crippen LogP contribution in [-0.4, -0.2) is 35.2 Å². The van der Waals surface area contributed by atoms with E-state index in [1.807, 2.05) is 0 Å². The summed E-state index contributed by atoms with van der Waals surface area (Å²) in [5, 5.41) is 9.39. The van der Waals surface area contributed by atoms with Gasteiger partial charge in [0.05, 0.1) is 6.10 Å². The molecule has 2 nitrogen and oxygen atoms in total. The van der Waals surface area contributed by atoms with Gasteiger partial charge in [0.15, 0.2) is 0 Å². The van der Waals surface area contributed by atoms with Gasteiger partial charge in [0, 0.05) is 19.1 Å². The highest BCUT2D eigenvalue weighted by atomic mass is 35.5. The number of aliphatic hydroxyl groups is 1. The van der Waals surface area contributed by atoms with Gasteiger partial charge in [0.2, 0.25) is 0 Å². The molecule has 2 rings (SSSR count). The van der Waals surface area contributed by atoms with Crippen LogP contribution in [0.15, 0.2) is 0 Å². The quantitative estimate of drug-likeness (QED) is 0.706. The summed E-state index contributed by atoms with van der Waals surface area (Å²) < 4.78 is 0. The van der Waals surface area contributed by atoms with Gasteiger partial charge in [0.1, 0.15) is 0 Å². The van der Waals surface area contributed by atoms with E-state index in [0.29, 0.717) is 0 Å². The predicted molar refractivity (Wildman–Crippen MR) is 56.3 cm³/mol. The Labute approximate surface area is 86.7 Å². The summed E-state index contributed by atoms with van der Waals surface area (Å²) in [6.07, 6.45) is 7.92. The van der Waals surface area contributed by atoms with Crippen LogP contribution in [0.3, 0.4) is 0 Å². The molecule has 3 heteroatoms. The standard InChI is InChI=1S/C10H19NO.ClH/c12-10-6-7-11(8-10)9-4-2-1-3-5-9;/h9-10,12H,1-8H2;1H. The molecule has 13 heavy (non-hydrogen) atoms. The maximum Gasteiger partial charge on any atom is 0.0679 e. The molecule has 1 saturated heterocycles. The van der Waals surface area contributed by atoms with E-state index in [9.17, 15) is 5.11 Å². The zero-order valence-electron chi connectivity index (χ0n) is 8.11. The molecule has 0 aromatic rings. The first-order chi connectivity index (χ1) is 5.86. The lowest BCUT2D eigenvalue weighted by atomic mass is 9.94. The molecular formula is C10H20ClNO. The topological polar surface area (TPSA) is 23.5 Å². The molecule has 1 unspecified atom stereocenters. The largest absolute Gasteiger partial charge is 0.392 e. The van der Waals surface area contributed by atoms with E-state index < -0.39 is 0 Å². The molecule has 0 bridgehead atoms. The number of aliphatic hydroxyl groups excluding tert-OH is 1. The zero-order chi connectivity index (χ0) is 8.39. The molecule has 1 saturated carbocycles. The van der Waals surface area contributed by atoms with Crippen LogP contribution in [-0.2, 0) is 0 Å². The van der Waals surface area contributed by atoms with Crippen molar-refractivity contribution in [3.63, 3.8) is 0 Å². The molecule has 1 aliphatic carbocycles. The van der Waals surface area contributed by atoms with Crippen molar-refractivity contribution in [2.45, 2.75) is 50.7 Å². The minimum Gasteiger partial charge on any atom is -0.392 e. The van der Waals surface area contributed by atoms with Gasteiger partial charge in [-0.1, -0.05) is 19.3 Å². The van der Waals surface area contributed by atoms with Crippen molar-refractivity contribution in [1.82, 2.24) is 4.90 Å². The highest BCUT2D eigenvalue weighted by Crippen LogP contribution is 2.25. The van der Waals surface area contributed by atoms with Crippen molar-refractivity contribution in [2.24, 2.45) is 0 Å². The Bertz CT molecular complexity index is 145. The van der Waals surface area contributed by atoms with E-state index >= 15 is 0 Å². The van der Waals surface area contributed by atoms with Crippen molar-refractivity contribution in [1.29, 1.82) is 0 Å². The van der Waals surface area contributed by atoms with Gasteiger partial charge in [-0.2, -0.15) is 0 Å². The summed E-state index contributed by atoms with van der Waals surface area (Å²) in [5.74, 6) is 0. The van der Waals surface area contributed by atoms with E-state index in [1.54, 1.807) is 0 Å². The molecule has 0 amide bonds. The molecule has 1 atom stereocenters. The Morgan fingerprint density at radius 2 is 1.69 bits per heavy atom.